The molecule has 162 valence electrons. The van der Waals surface area contributed by atoms with Gasteiger partial charge in [-0.25, -0.2) is 4.39 Å². The van der Waals surface area contributed by atoms with Gasteiger partial charge in [0.05, 0.1) is 22.0 Å². The quantitative estimate of drug-likeness (QED) is 0.338. The Morgan fingerprint density at radius 2 is 1.69 bits per heavy atom. The van der Waals surface area contributed by atoms with Crippen LogP contribution in [0.25, 0.3) is 11.4 Å². The summed E-state index contributed by atoms with van der Waals surface area (Å²) < 4.78 is 16.3. The molecular formula is C24H20ClFN4OS. The number of nitrogens with zero attached hydrogens (tertiary/aromatic N) is 3. The van der Waals surface area contributed by atoms with Gasteiger partial charge in [0.2, 0.25) is 5.91 Å². The predicted molar refractivity (Wildman–Crippen MR) is 126 cm³/mol. The van der Waals surface area contributed by atoms with Crippen molar-refractivity contribution in [1.82, 2.24) is 14.8 Å². The Morgan fingerprint density at radius 1 is 0.969 bits per heavy atom. The normalized spacial score (nSPS) is 10.8. The van der Waals surface area contributed by atoms with Crippen molar-refractivity contribution in [3.05, 3.63) is 95.3 Å². The van der Waals surface area contributed by atoms with Crippen molar-refractivity contribution in [2.45, 2.75) is 18.1 Å². The van der Waals surface area contributed by atoms with Crippen LogP contribution < -0.4 is 5.32 Å². The van der Waals surface area contributed by atoms with Gasteiger partial charge in [-0.05, 0) is 36.2 Å². The van der Waals surface area contributed by atoms with Gasteiger partial charge in [-0.15, -0.1) is 10.2 Å². The van der Waals surface area contributed by atoms with E-state index in [0.717, 1.165) is 12.0 Å². The Bertz CT molecular complexity index is 1220. The molecule has 4 rings (SSSR count). The number of halogens is 2. The lowest BCUT2D eigenvalue weighted by molar-refractivity contribution is -0.113. The maximum atomic E-state index is 14.5. The first kappa shape index (κ1) is 22.0. The van der Waals surface area contributed by atoms with Crippen molar-refractivity contribution in [1.29, 1.82) is 0 Å². The standard InChI is InChI=1S/C24H20ClFN4OS/c25-19-11-5-7-13-21(19)27-22(31)16-32-24-29-28-23(18-10-4-6-12-20(18)26)30(24)15-14-17-8-2-1-3-9-17/h1-13H,14-16H2,(H,27,31). The molecule has 8 heteroatoms. The SMILES string of the molecule is O=C(CSc1nnc(-c2ccccc2F)n1CCc1ccccc1)Nc1ccccc1Cl. The first-order chi connectivity index (χ1) is 15.6. The second kappa shape index (κ2) is 10.4. The maximum Gasteiger partial charge on any atom is 0.234 e. The van der Waals surface area contributed by atoms with E-state index < -0.39 is 0 Å². The van der Waals surface area contributed by atoms with Crippen LogP contribution in [0.4, 0.5) is 10.1 Å². The van der Waals surface area contributed by atoms with E-state index in [1.165, 1.54) is 17.8 Å². The topological polar surface area (TPSA) is 59.8 Å². The zero-order chi connectivity index (χ0) is 22.3. The number of para-hydroxylation sites is 1. The fourth-order valence-electron chi connectivity index (χ4n) is 3.20. The summed E-state index contributed by atoms with van der Waals surface area (Å²) in [5.74, 6) is -0.0264. The number of thioether (sulfide) groups is 1. The lowest BCUT2D eigenvalue weighted by atomic mass is 10.1. The lowest BCUT2D eigenvalue weighted by Crippen LogP contribution is -2.15. The van der Waals surface area contributed by atoms with E-state index in [0.29, 0.717) is 33.8 Å². The number of hydrogen-bond acceptors (Lipinski definition) is 4. The molecule has 0 radical (unpaired) electrons. The Hall–Kier alpha value is -3.16. The molecule has 3 aromatic carbocycles. The molecule has 1 heterocycles. The highest BCUT2D eigenvalue weighted by molar-refractivity contribution is 7.99. The van der Waals surface area contributed by atoms with Gasteiger partial charge in [0.15, 0.2) is 11.0 Å². The predicted octanol–water partition coefficient (Wildman–Crippen LogP) is 5.71. The molecule has 0 aliphatic carbocycles. The minimum atomic E-state index is -0.367. The lowest BCUT2D eigenvalue weighted by Gasteiger charge is -2.11. The van der Waals surface area contributed by atoms with Crippen LogP contribution in [-0.2, 0) is 17.8 Å². The molecule has 0 aliphatic rings. The number of amides is 1. The number of rotatable bonds is 8. The first-order valence-corrected chi connectivity index (χ1v) is 11.4. The second-order valence-electron chi connectivity index (χ2n) is 6.99. The Kier molecular flexibility index (Phi) is 7.19. The summed E-state index contributed by atoms with van der Waals surface area (Å²) in [6.07, 6.45) is 0.722. The van der Waals surface area contributed by atoms with Gasteiger partial charge in [0.1, 0.15) is 5.82 Å². The van der Waals surface area contributed by atoms with Crippen LogP contribution in [0.15, 0.2) is 84.0 Å². The highest BCUT2D eigenvalue weighted by atomic mass is 35.5. The van der Waals surface area contributed by atoms with E-state index in [-0.39, 0.29) is 17.5 Å². The van der Waals surface area contributed by atoms with Crippen molar-refractivity contribution >= 4 is 35.0 Å². The van der Waals surface area contributed by atoms with Gasteiger partial charge >= 0.3 is 0 Å². The molecular weight excluding hydrogens is 447 g/mol. The van der Waals surface area contributed by atoms with Crippen LogP contribution in [0.3, 0.4) is 0 Å². The number of carbonyl (C=O) groups is 1. The summed E-state index contributed by atoms with van der Waals surface area (Å²) in [5.41, 5.74) is 2.07. The summed E-state index contributed by atoms with van der Waals surface area (Å²) in [7, 11) is 0. The molecule has 1 N–H and O–H groups in total. The van der Waals surface area contributed by atoms with E-state index in [1.54, 1.807) is 42.5 Å². The fraction of sp³-hybridized carbons (Fsp3) is 0.125. The number of hydrogen-bond donors (Lipinski definition) is 1. The molecule has 0 aliphatic heterocycles. The molecule has 0 spiro atoms. The van der Waals surface area contributed by atoms with Crippen LogP contribution in [0.5, 0.6) is 0 Å². The third-order valence-corrected chi connectivity index (χ3v) is 6.08. The summed E-state index contributed by atoms with van der Waals surface area (Å²) in [6.45, 7) is 0.551. The number of aromatic nitrogens is 3. The van der Waals surface area contributed by atoms with Crippen molar-refractivity contribution in [3.8, 4) is 11.4 Å². The van der Waals surface area contributed by atoms with Crippen molar-refractivity contribution in [3.63, 3.8) is 0 Å². The van der Waals surface area contributed by atoms with Crippen molar-refractivity contribution < 1.29 is 9.18 Å². The van der Waals surface area contributed by atoms with Crippen molar-refractivity contribution in [2.24, 2.45) is 0 Å². The summed E-state index contributed by atoms with van der Waals surface area (Å²) in [5, 5.41) is 12.3. The molecule has 0 saturated carbocycles. The van der Waals surface area contributed by atoms with Crippen LogP contribution in [0.2, 0.25) is 5.02 Å². The minimum Gasteiger partial charge on any atom is -0.324 e. The van der Waals surface area contributed by atoms with E-state index in [1.807, 2.05) is 34.9 Å². The van der Waals surface area contributed by atoms with Gasteiger partial charge in [0, 0.05) is 6.54 Å². The first-order valence-electron chi connectivity index (χ1n) is 10.0. The number of anilines is 1. The fourth-order valence-corrected chi connectivity index (χ4v) is 4.15. The number of benzene rings is 3. The second-order valence-corrected chi connectivity index (χ2v) is 8.34. The third-order valence-electron chi connectivity index (χ3n) is 4.78. The monoisotopic (exact) mass is 466 g/mol. The largest absolute Gasteiger partial charge is 0.324 e. The molecule has 1 aromatic heterocycles. The Morgan fingerprint density at radius 3 is 2.47 bits per heavy atom. The molecule has 4 aromatic rings. The van der Waals surface area contributed by atoms with Crippen LogP contribution in [0, 0.1) is 5.82 Å². The van der Waals surface area contributed by atoms with Gasteiger partial charge in [-0.3, -0.25) is 4.79 Å². The van der Waals surface area contributed by atoms with Crippen LogP contribution >= 0.6 is 23.4 Å². The van der Waals surface area contributed by atoms with E-state index >= 15 is 0 Å². The third kappa shape index (κ3) is 5.36. The molecule has 32 heavy (non-hydrogen) atoms. The maximum absolute atomic E-state index is 14.5. The highest BCUT2D eigenvalue weighted by Crippen LogP contribution is 2.27. The van der Waals surface area contributed by atoms with Crippen LogP contribution in [-0.4, -0.2) is 26.4 Å². The summed E-state index contributed by atoms with van der Waals surface area (Å²) in [6, 6.07) is 23.5. The highest BCUT2D eigenvalue weighted by Gasteiger charge is 2.18. The molecule has 0 unspecified atom stereocenters. The molecule has 0 fully saturated rings. The molecule has 0 saturated heterocycles. The molecule has 5 nitrogen and oxygen atoms in total. The average molecular weight is 467 g/mol. The van der Waals surface area contributed by atoms with Crippen LogP contribution in [0.1, 0.15) is 5.56 Å². The van der Waals surface area contributed by atoms with E-state index in [2.05, 4.69) is 15.5 Å². The Balaban J connectivity index is 1.53. The number of nitrogens with one attached hydrogen (secondary N) is 1. The number of aryl methyl sites for hydroxylation is 1. The molecule has 1 amide bonds. The van der Waals surface area contributed by atoms with E-state index in [4.69, 9.17) is 11.6 Å². The zero-order valence-corrected chi connectivity index (χ0v) is 18.6. The van der Waals surface area contributed by atoms with Crippen molar-refractivity contribution in [2.75, 3.05) is 11.1 Å². The smallest absolute Gasteiger partial charge is 0.234 e. The number of carbonyl (C=O) groups excluding carboxylic acids is 1. The summed E-state index contributed by atoms with van der Waals surface area (Å²) >= 11 is 7.36. The van der Waals surface area contributed by atoms with Gasteiger partial charge in [-0.2, -0.15) is 0 Å². The van der Waals surface area contributed by atoms with Gasteiger partial charge < -0.3 is 9.88 Å². The zero-order valence-electron chi connectivity index (χ0n) is 17.0. The summed E-state index contributed by atoms with van der Waals surface area (Å²) in [4.78, 5) is 12.5. The molecule has 0 bridgehead atoms. The van der Waals surface area contributed by atoms with E-state index in [9.17, 15) is 9.18 Å². The Labute approximate surface area is 194 Å². The minimum absolute atomic E-state index is 0.117. The van der Waals surface area contributed by atoms with Gasteiger partial charge in [-0.1, -0.05) is 78.0 Å². The molecule has 0 atom stereocenters. The average Bonchev–Trinajstić information content (AvgIpc) is 3.21. The van der Waals surface area contributed by atoms with Gasteiger partial charge in [0.25, 0.3) is 0 Å².